The summed E-state index contributed by atoms with van der Waals surface area (Å²) < 4.78 is 1.05. The number of carbonyl (C=O) groups excluding carboxylic acids is 1. The molecule has 0 unspecified atom stereocenters. The lowest BCUT2D eigenvalue weighted by atomic mass is 10.2. The molecule has 1 aromatic rings. The number of rotatable bonds is 7. The van der Waals surface area contributed by atoms with Crippen LogP contribution in [0.5, 0.6) is 0 Å². The zero-order chi connectivity index (χ0) is 11.8. The Morgan fingerprint density at radius 3 is 2.81 bits per heavy atom. The fourth-order valence-electron chi connectivity index (χ4n) is 1.31. The molecule has 0 aliphatic carbocycles. The number of halogens is 1. The molecule has 0 fully saturated rings. The van der Waals surface area contributed by atoms with E-state index in [0.29, 0.717) is 13.0 Å². The first-order valence-electron chi connectivity index (χ1n) is 5.34. The van der Waals surface area contributed by atoms with Crippen LogP contribution in [0.1, 0.15) is 24.1 Å². The maximum Gasteiger partial charge on any atom is 0.225 e. The van der Waals surface area contributed by atoms with E-state index in [4.69, 9.17) is 5.11 Å². The minimum Gasteiger partial charge on any atom is -0.396 e. The second-order valence-corrected chi connectivity index (χ2v) is 6.06. The fourth-order valence-corrected chi connectivity index (χ4v) is 2.79. The van der Waals surface area contributed by atoms with Gasteiger partial charge in [-0.25, -0.2) is 0 Å². The van der Waals surface area contributed by atoms with Crippen LogP contribution < -0.4 is 5.32 Å². The summed E-state index contributed by atoms with van der Waals surface area (Å²) in [7, 11) is 0. The molecule has 16 heavy (non-hydrogen) atoms. The predicted octanol–water partition coefficient (Wildman–Crippen LogP) is 2.33. The van der Waals surface area contributed by atoms with Crippen LogP contribution in [-0.4, -0.2) is 24.2 Å². The molecule has 0 aromatic carbocycles. The Bertz CT molecular complexity index is 328. The number of thiophene rings is 1. The van der Waals surface area contributed by atoms with Crippen LogP contribution in [0.3, 0.4) is 0 Å². The molecule has 1 heterocycles. The highest BCUT2D eigenvalue weighted by Crippen LogP contribution is 2.22. The normalized spacial score (nSPS) is 10.4. The number of carbonyl (C=O) groups is 1. The summed E-state index contributed by atoms with van der Waals surface area (Å²) in [6.45, 7) is 0.933. The molecule has 0 aliphatic rings. The maximum atomic E-state index is 11.5. The van der Waals surface area contributed by atoms with E-state index in [1.807, 2.05) is 12.1 Å². The van der Waals surface area contributed by atoms with Gasteiger partial charge >= 0.3 is 0 Å². The van der Waals surface area contributed by atoms with Gasteiger partial charge in [0.25, 0.3) is 0 Å². The molecule has 0 aliphatic heterocycles. The smallest absolute Gasteiger partial charge is 0.225 e. The minimum absolute atomic E-state index is 0.0679. The van der Waals surface area contributed by atoms with Crippen LogP contribution in [-0.2, 0) is 11.2 Å². The third kappa shape index (κ3) is 5.63. The van der Waals surface area contributed by atoms with Crippen molar-refractivity contribution >= 4 is 33.2 Å². The van der Waals surface area contributed by atoms with Crippen molar-refractivity contribution in [2.75, 3.05) is 13.2 Å². The first-order chi connectivity index (χ1) is 7.72. The van der Waals surface area contributed by atoms with Gasteiger partial charge in [-0.2, -0.15) is 0 Å². The van der Waals surface area contributed by atoms with Crippen LogP contribution >= 0.6 is 27.3 Å². The molecule has 1 aromatic heterocycles. The van der Waals surface area contributed by atoms with Crippen molar-refractivity contribution in [1.29, 1.82) is 0 Å². The third-order valence-electron chi connectivity index (χ3n) is 2.12. The molecule has 90 valence electrons. The largest absolute Gasteiger partial charge is 0.396 e. The van der Waals surface area contributed by atoms with Crippen LogP contribution in [0.15, 0.2) is 15.9 Å². The highest BCUT2D eigenvalue weighted by molar-refractivity contribution is 9.11. The molecule has 1 amide bonds. The van der Waals surface area contributed by atoms with E-state index in [0.717, 1.165) is 27.9 Å². The molecule has 1 rings (SSSR count). The summed E-state index contributed by atoms with van der Waals surface area (Å²) >= 11 is 4.95. The Labute approximate surface area is 108 Å². The lowest BCUT2D eigenvalue weighted by Crippen LogP contribution is -2.25. The summed E-state index contributed by atoms with van der Waals surface area (Å²) in [4.78, 5) is 12.6. The zero-order valence-corrected chi connectivity index (χ0v) is 11.4. The Kier molecular flexibility index (Phi) is 6.68. The minimum atomic E-state index is 0.0679. The lowest BCUT2D eigenvalue weighted by Gasteiger charge is -2.03. The van der Waals surface area contributed by atoms with Crippen molar-refractivity contribution in [1.82, 2.24) is 5.32 Å². The number of nitrogens with one attached hydrogen (secondary N) is 1. The van der Waals surface area contributed by atoms with Gasteiger partial charge in [-0.05, 0) is 47.3 Å². The van der Waals surface area contributed by atoms with Gasteiger partial charge in [-0.15, -0.1) is 11.3 Å². The topological polar surface area (TPSA) is 49.3 Å². The predicted molar refractivity (Wildman–Crippen MR) is 69.7 cm³/mol. The van der Waals surface area contributed by atoms with Crippen molar-refractivity contribution in [3.63, 3.8) is 0 Å². The number of hydrogen-bond donors (Lipinski definition) is 2. The molecule has 3 nitrogen and oxygen atoms in total. The van der Waals surface area contributed by atoms with Gasteiger partial charge < -0.3 is 10.4 Å². The monoisotopic (exact) mass is 305 g/mol. The summed E-state index contributed by atoms with van der Waals surface area (Å²) in [6, 6.07) is 3.91. The summed E-state index contributed by atoms with van der Waals surface area (Å²) in [6.07, 6.45) is 3.16. The highest BCUT2D eigenvalue weighted by atomic mass is 79.9. The number of unbranched alkanes of at least 4 members (excludes halogenated alkanes) is 2. The molecular weight excluding hydrogens is 290 g/mol. The summed E-state index contributed by atoms with van der Waals surface area (Å²) in [5.74, 6) is 0.0679. The van der Waals surface area contributed by atoms with Crippen LogP contribution in [0.25, 0.3) is 0 Å². The van der Waals surface area contributed by atoms with Gasteiger partial charge in [0.1, 0.15) is 0 Å². The number of hydrogen-bond acceptors (Lipinski definition) is 3. The molecular formula is C11H16BrNO2S. The van der Waals surface area contributed by atoms with Crippen molar-refractivity contribution < 1.29 is 9.90 Å². The van der Waals surface area contributed by atoms with Crippen LogP contribution in [0.4, 0.5) is 0 Å². The lowest BCUT2D eigenvalue weighted by molar-refractivity contribution is -0.120. The average Bonchev–Trinajstić information content (AvgIpc) is 2.63. The van der Waals surface area contributed by atoms with Gasteiger partial charge in [0.05, 0.1) is 10.2 Å². The fraction of sp³-hybridized carbons (Fsp3) is 0.545. The Hall–Kier alpha value is -0.390. The second kappa shape index (κ2) is 7.81. The number of aliphatic hydroxyl groups is 1. The van der Waals surface area contributed by atoms with E-state index in [2.05, 4.69) is 21.2 Å². The van der Waals surface area contributed by atoms with Crippen LogP contribution in [0, 0.1) is 0 Å². The third-order valence-corrected chi connectivity index (χ3v) is 3.74. The molecule has 0 atom stereocenters. The number of aliphatic hydroxyl groups excluding tert-OH is 1. The van der Waals surface area contributed by atoms with E-state index in [1.54, 1.807) is 11.3 Å². The van der Waals surface area contributed by atoms with E-state index in [-0.39, 0.29) is 12.5 Å². The van der Waals surface area contributed by atoms with Crippen molar-refractivity contribution in [3.05, 3.63) is 20.8 Å². The molecule has 0 saturated carbocycles. The summed E-state index contributed by atoms with van der Waals surface area (Å²) in [5, 5.41) is 11.5. The highest BCUT2D eigenvalue weighted by Gasteiger charge is 2.04. The van der Waals surface area contributed by atoms with Gasteiger partial charge in [0, 0.05) is 18.0 Å². The van der Waals surface area contributed by atoms with Gasteiger partial charge in [0.2, 0.25) is 5.91 Å². The zero-order valence-electron chi connectivity index (χ0n) is 9.04. The first kappa shape index (κ1) is 13.7. The Morgan fingerprint density at radius 1 is 1.38 bits per heavy atom. The SMILES string of the molecule is O=C(Cc1ccc(Br)s1)NCCCCCO. The number of amides is 1. The van der Waals surface area contributed by atoms with E-state index < -0.39 is 0 Å². The van der Waals surface area contributed by atoms with Gasteiger partial charge in [-0.1, -0.05) is 0 Å². The second-order valence-electron chi connectivity index (χ2n) is 3.52. The first-order valence-corrected chi connectivity index (χ1v) is 6.95. The van der Waals surface area contributed by atoms with E-state index in [9.17, 15) is 4.79 Å². The molecule has 0 saturated heterocycles. The molecule has 5 heteroatoms. The van der Waals surface area contributed by atoms with E-state index in [1.165, 1.54) is 0 Å². The quantitative estimate of drug-likeness (QED) is 0.760. The molecule has 0 radical (unpaired) electrons. The van der Waals surface area contributed by atoms with E-state index >= 15 is 0 Å². The Balaban J connectivity index is 2.11. The standard InChI is InChI=1S/C11H16BrNO2S/c12-10-5-4-9(16-10)8-11(15)13-6-2-1-3-7-14/h4-5,14H,1-3,6-8H2,(H,13,15). The van der Waals surface area contributed by atoms with Crippen LogP contribution in [0.2, 0.25) is 0 Å². The summed E-state index contributed by atoms with van der Waals surface area (Å²) in [5.41, 5.74) is 0. The van der Waals surface area contributed by atoms with Crippen molar-refractivity contribution in [2.45, 2.75) is 25.7 Å². The van der Waals surface area contributed by atoms with Crippen molar-refractivity contribution in [2.24, 2.45) is 0 Å². The maximum absolute atomic E-state index is 11.5. The van der Waals surface area contributed by atoms with Gasteiger partial charge in [-0.3, -0.25) is 4.79 Å². The molecule has 0 bridgehead atoms. The Morgan fingerprint density at radius 2 is 2.19 bits per heavy atom. The van der Waals surface area contributed by atoms with Gasteiger partial charge in [0.15, 0.2) is 0 Å². The van der Waals surface area contributed by atoms with Crippen molar-refractivity contribution in [3.8, 4) is 0 Å². The molecule has 0 spiro atoms. The molecule has 2 N–H and O–H groups in total. The average molecular weight is 306 g/mol.